The van der Waals surface area contributed by atoms with Crippen LogP contribution in [0.4, 0.5) is 0 Å². The maximum Gasteiger partial charge on any atom is 0.0587 e. The van der Waals surface area contributed by atoms with Crippen molar-refractivity contribution in [3.63, 3.8) is 0 Å². The zero-order chi connectivity index (χ0) is 13.4. The number of ether oxygens (including phenoxy) is 1. The number of aromatic nitrogens is 2. The Morgan fingerprint density at radius 3 is 2.94 bits per heavy atom. The quantitative estimate of drug-likeness (QED) is 0.538. The van der Waals surface area contributed by atoms with Crippen LogP contribution in [0.3, 0.4) is 0 Å². The molecule has 0 fully saturated rings. The van der Waals surface area contributed by atoms with E-state index < -0.39 is 0 Å². The molecule has 18 heavy (non-hydrogen) atoms. The van der Waals surface area contributed by atoms with Crippen LogP contribution < -0.4 is 5.32 Å². The summed E-state index contributed by atoms with van der Waals surface area (Å²) >= 11 is 0. The van der Waals surface area contributed by atoms with Crippen molar-refractivity contribution in [2.24, 2.45) is 5.41 Å². The van der Waals surface area contributed by atoms with Gasteiger partial charge in [-0.25, -0.2) is 0 Å². The van der Waals surface area contributed by atoms with Crippen LogP contribution >= 0.6 is 0 Å². The smallest absolute Gasteiger partial charge is 0.0587 e. The summed E-state index contributed by atoms with van der Waals surface area (Å²) in [5, 5.41) is 7.70. The predicted octanol–water partition coefficient (Wildman–Crippen LogP) is 1.87. The lowest BCUT2D eigenvalue weighted by molar-refractivity contribution is 0.196. The van der Waals surface area contributed by atoms with E-state index in [-0.39, 0.29) is 5.41 Å². The number of nitrogens with zero attached hydrogens (tertiary/aromatic N) is 2. The molecule has 1 rings (SSSR count). The van der Waals surface area contributed by atoms with Crippen molar-refractivity contribution in [2.45, 2.75) is 26.8 Å². The molecular weight excluding hydrogens is 226 g/mol. The molecule has 0 aliphatic heterocycles. The van der Waals surface area contributed by atoms with Crippen LogP contribution in [-0.4, -0.2) is 36.6 Å². The summed E-state index contributed by atoms with van der Waals surface area (Å²) in [7, 11) is 1.72. The molecular formula is C14H25N3O. The Morgan fingerprint density at radius 2 is 2.39 bits per heavy atom. The van der Waals surface area contributed by atoms with Gasteiger partial charge in [-0.2, -0.15) is 5.10 Å². The first kappa shape index (κ1) is 14.9. The van der Waals surface area contributed by atoms with E-state index in [2.05, 4.69) is 37.0 Å². The second-order valence-electron chi connectivity index (χ2n) is 4.91. The number of aryl methyl sites for hydroxylation is 1. The summed E-state index contributed by atoms with van der Waals surface area (Å²) in [6.45, 7) is 11.7. The highest BCUT2D eigenvalue weighted by atomic mass is 16.5. The fourth-order valence-electron chi connectivity index (χ4n) is 1.89. The van der Waals surface area contributed by atoms with Crippen molar-refractivity contribution in [1.82, 2.24) is 15.1 Å². The third kappa shape index (κ3) is 4.63. The molecule has 0 bridgehead atoms. The number of hydrogen-bond donors (Lipinski definition) is 1. The third-order valence-electron chi connectivity index (χ3n) is 3.12. The van der Waals surface area contributed by atoms with Crippen molar-refractivity contribution in [1.29, 1.82) is 0 Å². The molecule has 1 aromatic rings. The standard InChI is InChI=1S/C14H25N3O/c1-5-14(3,12-15-7-8-18-4)9-13-10-16-17(6-2)11-13/h5,10-11,15H,1,6-9,12H2,2-4H3. The third-order valence-corrected chi connectivity index (χ3v) is 3.12. The van der Waals surface area contributed by atoms with Gasteiger partial charge in [0.2, 0.25) is 0 Å². The van der Waals surface area contributed by atoms with Gasteiger partial charge < -0.3 is 10.1 Å². The molecule has 102 valence electrons. The molecule has 1 heterocycles. The zero-order valence-corrected chi connectivity index (χ0v) is 11.8. The summed E-state index contributed by atoms with van der Waals surface area (Å²) in [6, 6.07) is 0. The van der Waals surface area contributed by atoms with E-state index in [9.17, 15) is 0 Å². The maximum absolute atomic E-state index is 5.02. The van der Waals surface area contributed by atoms with Crippen molar-refractivity contribution in [3.8, 4) is 0 Å². The first-order chi connectivity index (χ1) is 8.63. The Kier molecular flexibility index (Phi) is 6.09. The van der Waals surface area contributed by atoms with Gasteiger partial charge in [0.15, 0.2) is 0 Å². The van der Waals surface area contributed by atoms with Crippen LogP contribution in [-0.2, 0) is 17.7 Å². The molecule has 0 aliphatic carbocycles. The lowest BCUT2D eigenvalue weighted by atomic mass is 9.84. The van der Waals surface area contributed by atoms with E-state index in [0.717, 1.165) is 32.7 Å². The van der Waals surface area contributed by atoms with Gasteiger partial charge in [0.25, 0.3) is 0 Å². The van der Waals surface area contributed by atoms with E-state index in [1.807, 2.05) is 17.0 Å². The van der Waals surface area contributed by atoms with Crippen molar-refractivity contribution in [2.75, 3.05) is 26.8 Å². The van der Waals surface area contributed by atoms with Crippen LogP contribution in [0.15, 0.2) is 25.0 Å². The van der Waals surface area contributed by atoms with E-state index in [1.165, 1.54) is 5.56 Å². The van der Waals surface area contributed by atoms with Gasteiger partial charge in [-0.3, -0.25) is 4.68 Å². The van der Waals surface area contributed by atoms with Crippen LogP contribution in [0.1, 0.15) is 19.4 Å². The van der Waals surface area contributed by atoms with Crippen molar-refractivity contribution in [3.05, 3.63) is 30.6 Å². The molecule has 4 heteroatoms. The van der Waals surface area contributed by atoms with Crippen LogP contribution in [0.2, 0.25) is 0 Å². The fourth-order valence-corrected chi connectivity index (χ4v) is 1.89. The number of nitrogens with one attached hydrogen (secondary N) is 1. The van der Waals surface area contributed by atoms with Crippen LogP contribution in [0.5, 0.6) is 0 Å². The Morgan fingerprint density at radius 1 is 1.61 bits per heavy atom. The average Bonchev–Trinajstić information content (AvgIpc) is 2.82. The summed E-state index contributed by atoms with van der Waals surface area (Å²) in [6.07, 6.45) is 7.03. The summed E-state index contributed by atoms with van der Waals surface area (Å²) in [5.74, 6) is 0. The van der Waals surface area contributed by atoms with Crippen molar-refractivity contribution < 1.29 is 4.74 Å². The molecule has 1 atom stereocenters. The SMILES string of the molecule is C=CC(C)(CNCCOC)Cc1cnn(CC)c1. The first-order valence-corrected chi connectivity index (χ1v) is 6.48. The van der Waals surface area contributed by atoms with Gasteiger partial charge in [0.05, 0.1) is 12.8 Å². The second kappa shape index (κ2) is 7.34. The van der Waals surface area contributed by atoms with Crippen LogP contribution in [0, 0.1) is 5.41 Å². The molecule has 0 radical (unpaired) electrons. The minimum atomic E-state index is 0.0509. The van der Waals surface area contributed by atoms with Crippen LogP contribution in [0.25, 0.3) is 0 Å². The summed E-state index contributed by atoms with van der Waals surface area (Å²) in [4.78, 5) is 0. The molecule has 0 aliphatic rings. The number of hydrogen-bond acceptors (Lipinski definition) is 3. The van der Waals surface area contributed by atoms with Gasteiger partial charge in [-0.15, -0.1) is 6.58 Å². The minimum absolute atomic E-state index is 0.0509. The first-order valence-electron chi connectivity index (χ1n) is 6.48. The molecule has 1 N–H and O–H groups in total. The van der Waals surface area contributed by atoms with Gasteiger partial charge >= 0.3 is 0 Å². The minimum Gasteiger partial charge on any atom is -0.383 e. The van der Waals surface area contributed by atoms with E-state index in [4.69, 9.17) is 4.74 Å². The summed E-state index contributed by atoms with van der Waals surface area (Å²) < 4.78 is 6.98. The summed E-state index contributed by atoms with van der Waals surface area (Å²) in [5.41, 5.74) is 1.31. The van der Waals surface area contributed by atoms with E-state index in [1.54, 1.807) is 7.11 Å². The van der Waals surface area contributed by atoms with Gasteiger partial charge in [0.1, 0.15) is 0 Å². The molecule has 0 saturated heterocycles. The topological polar surface area (TPSA) is 39.1 Å². The Labute approximate surface area is 110 Å². The molecule has 0 saturated carbocycles. The highest BCUT2D eigenvalue weighted by molar-refractivity contribution is 5.11. The highest BCUT2D eigenvalue weighted by Gasteiger charge is 2.21. The molecule has 1 aromatic heterocycles. The molecule has 0 amide bonds. The van der Waals surface area contributed by atoms with Gasteiger partial charge in [0, 0.05) is 38.4 Å². The zero-order valence-electron chi connectivity index (χ0n) is 11.8. The number of methoxy groups -OCH3 is 1. The Balaban J connectivity index is 2.50. The Hall–Kier alpha value is -1.13. The lowest BCUT2D eigenvalue weighted by Crippen LogP contribution is -2.33. The lowest BCUT2D eigenvalue weighted by Gasteiger charge is -2.25. The molecule has 0 spiro atoms. The molecule has 1 unspecified atom stereocenters. The van der Waals surface area contributed by atoms with Gasteiger partial charge in [-0.05, 0) is 18.9 Å². The fraction of sp³-hybridized carbons (Fsp3) is 0.643. The normalized spacial score (nSPS) is 14.4. The van der Waals surface area contributed by atoms with E-state index >= 15 is 0 Å². The highest BCUT2D eigenvalue weighted by Crippen LogP contribution is 2.22. The predicted molar refractivity (Wildman–Crippen MR) is 74.7 cm³/mol. The maximum atomic E-state index is 5.02. The second-order valence-corrected chi connectivity index (χ2v) is 4.91. The average molecular weight is 251 g/mol. The molecule has 4 nitrogen and oxygen atoms in total. The van der Waals surface area contributed by atoms with E-state index in [0.29, 0.717) is 0 Å². The van der Waals surface area contributed by atoms with Gasteiger partial charge in [-0.1, -0.05) is 13.0 Å². The number of rotatable bonds is 9. The molecule has 0 aromatic carbocycles. The largest absolute Gasteiger partial charge is 0.383 e. The van der Waals surface area contributed by atoms with Crippen molar-refractivity contribution >= 4 is 0 Å². The Bertz CT molecular complexity index is 362. The monoisotopic (exact) mass is 251 g/mol.